The maximum Gasteiger partial charge on any atom is 0.221 e. The first-order chi connectivity index (χ1) is 11.7. The SMILES string of the molecule is CC(=O)Nc1cccc(-c2ccc(OCc3c[c]ccc3)cc2)c1. The molecule has 0 saturated heterocycles. The summed E-state index contributed by atoms with van der Waals surface area (Å²) in [6.07, 6.45) is 0. The van der Waals surface area contributed by atoms with Gasteiger partial charge in [-0.15, -0.1) is 0 Å². The van der Waals surface area contributed by atoms with Gasteiger partial charge < -0.3 is 10.1 Å². The predicted octanol–water partition coefficient (Wildman–Crippen LogP) is 4.69. The summed E-state index contributed by atoms with van der Waals surface area (Å²) < 4.78 is 5.78. The van der Waals surface area contributed by atoms with Gasteiger partial charge in [-0.1, -0.05) is 42.5 Å². The number of hydrogen-bond acceptors (Lipinski definition) is 2. The Morgan fingerprint density at radius 1 is 1.04 bits per heavy atom. The minimum absolute atomic E-state index is 0.0749. The van der Waals surface area contributed by atoms with Gasteiger partial charge in [0, 0.05) is 12.6 Å². The largest absolute Gasteiger partial charge is 0.489 e. The van der Waals surface area contributed by atoms with Gasteiger partial charge in [0.05, 0.1) is 0 Å². The molecule has 0 aromatic heterocycles. The molecule has 3 heteroatoms. The Morgan fingerprint density at radius 2 is 1.88 bits per heavy atom. The molecular formula is C21H18NO2. The van der Waals surface area contributed by atoms with E-state index in [4.69, 9.17) is 4.74 Å². The highest BCUT2D eigenvalue weighted by atomic mass is 16.5. The molecule has 24 heavy (non-hydrogen) atoms. The molecule has 0 atom stereocenters. The summed E-state index contributed by atoms with van der Waals surface area (Å²) in [4.78, 5) is 11.2. The second-order valence-electron chi connectivity index (χ2n) is 5.49. The third kappa shape index (κ3) is 4.23. The van der Waals surface area contributed by atoms with Crippen LogP contribution in [-0.4, -0.2) is 5.91 Å². The number of carbonyl (C=O) groups excluding carboxylic acids is 1. The number of ether oxygens (including phenoxy) is 1. The summed E-state index contributed by atoms with van der Waals surface area (Å²) in [5, 5.41) is 2.80. The normalized spacial score (nSPS) is 10.2. The first-order valence-electron chi connectivity index (χ1n) is 7.76. The average Bonchev–Trinajstić information content (AvgIpc) is 2.61. The Bertz CT molecular complexity index is 811. The zero-order valence-electron chi connectivity index (χ0n) is 13.5. The van der Waals surface area contributed by atoms with Gasteiger partial charge in [-0.25, -0.2) is 0 Å². The number of nitrogens with one attached hydrogen (secondary N) is 1. The van der Waals surface area contributed by atoms with E-state index >= 15 is 0 Å². The molecule has 0 saturated carbocycles. The number of benzene rings is 3. The summed E-state index contributed by atoms with van der Waals surface area (Å²) in [6, 6.07) is 26.5. The molecular weight excluding hydrogens is 298 g/mol. The fourth-order valence-corrected chi connectivity index (χ4v) is 2.41. The molecule has 0 aliphatic heterocycles. The first kappa shape index (κ1) is 15.8. The lowest BCUT2D eigenvalue weighted by Crippen LogP contribution is -2.05. The van der Waals surface area contributed by atoms with Gasteiger partial charge in [0.2, 0.25) is 5.91 Å². The molecule has 0 heterocycles. The number of rotatable bonds is 5. The molecule has 3 nitrogen and oxygen atoms in total. The maximum atomic E-state index is 11.2. The summed E-state index contributed by atoms with van der Waals surface area (Å²) >= 11 is 0. The Labute approximate surface area is 141 Å². The van der Waals surface area contributed by atoms with Crippen molar-refractivity contribution in [2.45, 2.75) is 13.5 Å². The highest BCUT2D eigenvalue weighted by Crippen LogP contribution is 2.25. The maximum absolute atomic E-state index is 11.2. The molecule has 3 aromatic carbocycles. The Hall–Kier alpha value is -3.07. The molecule has 1 amide bonds. The summed E-state index contributed by atoms with van der Waals surface area (Å²) in [6.45, 7) is 2.03. The van der Waals surface area contributed by atoms with Crippen molar-refractivity contribution in [2.24, 2.45) is 0 Å². The van der Waals surface area contributed by atoms with Crippen LogP contribution in [0.15, 0.2) is 72.8 Å². The number of carbonyl (C=O) groups is 1. The molecule has 0 aliphatic rings. The number of hydrogen-bond donors (Lipinski definition) is 1. The van der Waals surface area contributed by atoms with E-state index in [1.807, 2.05) is 72.8 Å². The molecule has 0 fully saturated rings. The van der Waals surface area contributed by atoms with E-state index in [9.17, 15) is 4.79 Å². The molecule has 3 aromatic rings. The van der Waals surface area contributed by atoms with E-state index in [1.54, 1.807) is 0 Å². The molecule has 0 spiro atoms. The molecule has 0 bridgehead atoms. The standard InChI is InChI=1S/C21H18NO2/c1-16(23)22-20-9-5-8-19(14-20)18-10-12-21(13-11-18)24-15-17-6-3-2-4-7-17/h2-3,5-14H,15H2,1H3,(H,22,23). The van der Waals surface area contributed by atoms with Crippen LogP contribution in [0.1, 0.15) is 12.5 Å². The van der Waals surface area contributed by atoms with E-state index in [1.165, 1.54) is 6.92 Å². The van der Waals surface area contributed by atoms with E-state index in [-0.39, 0.29) is 5.91 Å². The first-order valence-corrected chi connectivity index (χ1v) is 7.76. The van der Waals surface area contributed by atoms with Gasteiger partial charge in [-0.3, -0.25) is 4.79 Å². The van der Waals surface area contributed by atoms with Crippen molar-refractivity contribution < 1.29 is 9.53 Å². The average molecular weight is 316 g/mol. The van der Waals surface area contributed by atoms with Crippen molar-refractivity contribution in [3.63, 3.8) is 0 Å². The van der Waals surface area contributed by atoms with Crippen LogP contribution in [0.3, 0.4) is 0 Å². The van der Waals surface area contributed by atoms with Crippen molar-refractivity contribution >= 4 is 11.6 Å². The second-order valence-corrected chi connectivity index (χ2v) is 5.49. The molecule has 1 N–H and O–H groups in total. The lowest BCUT2D eigenvalue weighted by atomic mass is 10.0. The monoisotopic (exact) mass is 316 g/mol. The fraction of sp³-hybridized carbons (Fsp3) is 0.0952. The lowest BCUT2D eigenvalue weighted by Gasteiger charge is -2.09. The van der Waals surface area contributed by atoms with Crippen molar-refractivity contribution in [2.75, 3.05) is 5.32 Å². The summed E-state index contributed by atoms with van der Waals surface area (Å²) in [7, 11) is 0. The highest BCUT2D eigenvalue weighted by molar-refractivity contribution is 5.89. The van der Waals surface area contributed by atoms with Gasteiger partial charge in [0.25, 0.3) is 0 Å². The Kier molecular flexibility index (Phi) is 4.92. The van der Waals surface area contributed by atoms with Crippen LogP contribution in [0.5, 0.6) is 5.75 Å². The van der Waals surface area contributed by atoms with Gasteiger partial charge in [-0.05, 0) is 53.1 Å². The zero-order valence-corrected chi connectivity index (χ0v) is 13.5. The number of anilines is 1. The van der Waals surface area contributed by atoms with Crippen molar-refractivity contribution in [1.29, 1.82) is 0 Å². The van der Waals surface area contributed by atoms with E-state index in [2.05, 4.69) is 11.4 Å². The zero-order chi connectivity index (χ0) is 16.8. The van der Waals surface area contributed by atoms with Crippen LogP contribution < -0.4 is 10.1 Å². The van der Waals surface area contributed by atoms with Crippen molar-refractivity contribution in [3.8, 4) is 16.9 Å². The number of amides is 1. The van der Waals surface area contributed by atoms with Crippen LogP contribution in [0.4, 0.5) is 5.69 Å². The Morgan fingerprint density at radius 3 is 2.58 bits per heavy atom. The molecule has 119 valence electrons. The van der Waals surface area contributed by atoms with Crippen LogP contribution in [0, 0.1) is 6.07 Å². The molecule has 0 aliphatic carbocycles. The molecule has 3 rings (SSSR count). The third-order valence-electron chi connectivity index (χ3n) is 3.55. The van der Waals surface area contributed by atoms with Gasteiger partial charge >= 0.3 is 0 Å². The minimum atomic E-state index is -0.0749. The quantitative estimate of drug-likeness (QED) is 0.741. The smallest absolute Gasteiger partial charge is 0.221 e. The fourth-order valence-electron chi connectivity index (χ4n) is 2.41. The van der Waals surface area contributed by atoms with Gasteiger partial charge in [0.1, 0.15) is 12.4 Å². The van der Waals surface area contributed by atoms with Crippen molar-refractivity contribution in [1.82, 2.24) is 0 Å². The molecule has 1 radical (unpaired) electrons. The van der Waals surface area contributed by atoms with E-state index in [0.717, 1.165) is 28.1 Å². The van der Waals surface area contributed by atoms with Crippen LogP contribution in [0.2, 0.25) is 0 Å². The second kappa shape index (κ2) is 7.47. The van der Waals surface area contributed by atoms with Crippen LogP contribution in [0.25, 0.3) is 11.1 Å². The van der Waals surface area contributed by atoms with E-state index < -0.39 is 0 Å². The van der Waals surface area contributed by atoms with Gasteiger partial charge in [0.15, 0.2) is 0 Å². The topological polar surface area (TPSA) is 38.3 Å². The highest BCUT2D eigenvalue weighted by Gasteiger charge is 2.02. The minimum Gasteiger partial charge on any atom is -0.489 e. The third-order valence-corrected chi connectivity index (χ3v) is 3.55. The summed E-state index contributed by atoms with van der Waals surface area (Å²) in [5.74, 6) is 0.745. The van der Waals surface area contributed by atoms with Crippen LogP contribution >= 0.6 is 0 Å². The van der Waals surface area contributed by atoms with Crippen LogP contribution in [-0.2, 0) is 11.4 Å². The van der Waals surface area contributed by atoms with Gasteiger partial charge in [-0.2, -0.15) is 0 Å². The van der Waals surface area contributed by atoms with E-state index in [0.29, 0.717) is 6.61 Å². The van der Waals surface area contributed by atoms with Crippen molar-refractivity contribution in [3.05, 3.63) is 84.4 Å². The summed E-state index contributed by atoms with van der Waals surface area (Å²) in [5.41, 5.74) is 4.00. The lowest BCUT2D eigenvalue weighted by molar-refractivity contribution is -0.114. The molecule has 0 unspecified atom stereocenters. The Balaban J connectivity index is 1.69. The predicted molar refractivity (Wildman–Crippen MR) is 95.8 cm³/mol.